The molecule has 2 aromatic carbocycles. The van der Waals surface area contributed by atoms with Crippen LogP contribution in [0.3, 0.4) is 0 Å². The molecule has 0 aromatic heterocycles. The van der Waals surface area contributed by atoms with Crippen molar-refractivity contribution in [3.05, 3.63) is 58.6 Å². The summed E-state index contributed by atoms with van der Waals surface area (Å²) in [5.74, 6) is -0.185. The fourth-order valence-corrected chi connectivity index (χ4v) is 2.48. The van der Waals surface area contributed by atoms with Crippen molar-refractivity contribution in [2.45, 2.75) is 12.8 Å². The van der Waals surface area contributed by atoms with Crippen LogP contribution in [0.1, 0.15) is 22.3 Å². The van der Waals surface area contributed by atoms with Crippen LogP contribution in [0, 0.1) is 0 Å². The van der Waals surface area contributed by atoms with Crippen LogP contribution in [0.25, 0.3) is 0 Å². The zero-order valence-electron chi connectivity index (χ0n) is 11.2. The molecule has 0 saturated heterocycles. The van der Waals surface area contributed by atoms with E-state index >= 15 is 0 Å². The van der Waals surface area contributed by atoms with Gasteiger partial charge in [0, 0.05) is 28.4 Å². The molecule has 0 aliphatic carbocycles. The van der Waals surface area contributed by atoms with E-state index in [0.29, 0.717) is 29.1 Å². The van der Waals surface area contributed by atoms with Crippen LogP contribution < -0.4 is 10.6 Å². The first kappa shape index (κ1) is 13.6. The van der Waals surface area contributed by atoms with E-state index in [0.717, 1.165) is 11.3 Å². The third-order valence-corrected chi connectivity index (χ3v) is 3.58. The smallest absolute Gasteiger partial charge is 0.255 e. The van der Waals surface area contributed by atoms with Crippen molar-refractivity contribution >= 4 is 34.8 Å². The number of fused-ring (bicyclic) bond motifs is 1. The average molecular weight is 301 g/mol. The highest BCUT2D eigenvalue weighted by molar-refractivity contribution is 6.31. The minimum absolute atomic E-state index is 0.0126. The summed E-state index contributed by atoms with van der Waals surface area (Å²) in [7, 11) is 0. The van der Waals surface area contributed by atoms with E-state index < -0.39 is 0 Å². The molecule has 1 heterocycles. The summed E-state index contributed by atoms with van der Waals surface area (Å²) >= 11 is 5.89. The monoisotopic (exact) mass is 300 g/mol. The second kappa shape index (κ2) is 5.58. The van der Waals surface area contributed by atoms with Crippen LogP contribution in [0.2, 0.25) is 5.02 Å². The Morgan fingerprint density at radius 1 is 1.14 bits per heavy atom. The van der Waals surface area contributed by atoms with Crippen LogP contribution in [-0.4, -0.2) is 11.8 Å². The predicted octanol–water partition coefficient (Wildman–Crippen LogP) is 3.48. The Hall–Kier alpha value is -2.33. The van der Waals surface area contributed by atoms with Gasteiger partial charge < -0.3 is 10.6 Å². The highest BCUT2D eigenvalue weighted by atomic mass is 35.5. The summed E-state index contributed by atoms with van der Waals surface area (Å²) in [6, 6.07) is 12.3. The lowest BCUT2D eigenvalue weighted by Gasteiger charge is -2.17. The van der Waals surface area contributed by atoms with E-state index in [4.69, 9.17) is 11.6 Å². The Labute approximate surface area is 127 Å². The molecule has 0 saturated carbocycles. The second-order valence-corrected chi connectivity index (χ2v) is 5.32. The quantitative estimate of drug-likeness (QED) is 0.892. The van der Waals surface area contributed by atoms with Crippen LogP contribution in [0.15, 0.2) is 42.5 Å². The van der Waals surface area contributed by atoms with Gasteiger partial charge in [0.15, 0.2) is 0 Å². The normalized spacial score (nSPS) is 13.3. The van der Waals surface area contributed by atoms with Crippen LogP contribution in [0.4, 0.5) is 11.4 Å². The maximum atomic E-state index is 12.2. The Bertz CT molecular complexity index is 728. The van der Waals surface area contributed by atoms with Gasteiger partial charge in [0.2, 0.25) is 5.91 Å². The largest absolute Gasteiger partial charge is 0.326 e. The minimum Gasteiger partial charge on any atom is -0.326 e. The Kier molecular flexibility index (Phi) is 3.62. The van der Waals surface area contributed by atoms with Crippen LogP contribution in [-0.2, 0) is 11.2 Å². The fraction of sp³-hybridized carbons (Fsp3) is 0.125. The van der Waals surface area contributed by atoms with E-state index in [2.05, 4.69) is 10.6 Å². The van der Waals surface area contributed by atoms with E-state index in [1.165, 1.54) is 0 Å². The Morgan fingerprint density at radius 3 is 2.81 bits per heavy atom. The number of amides is 2. The van der Waals surface area contributed by atoms with Crippen molar-refractivity contribution in [1.82, 2.24) is 0 Å². The first-order valence-electron chi connectivity index (χ1n) is 6.61. The standard InChI is InChI=1S/C16H13ClN2O2/c17-12-2-1-3-13(9-12)18-16(21)11-4-6-14-10(8-11)5-7-15(20)19-14/h1-4,6,8-9H,5,7H2,(H,18,21)(H,19,20). The van der Waals surface area contributed by atoms with Crippen LogP contribution >= 0.6 is 11.6 Å². The first-order valence-corrected chi connectivity index (χ1v) is 6.99. The summed E-state index contributed by atoms with van der Waals surface area (Å²) in [5.41, 5.74) is 2.97. The Morgan fingerprint density at radius 2 is 2.00 bits per heavy atom. The van der Waals surface area contributed by atoms with Gasteiger partial charge in [-0.3, -0.25) is 9.59 Å². The van der Waals surface area contributed by atoms with Crippen molar-refractivity contribution in [1.29, 1.82) is 0 Å². The molecule has 0 spiro atoms. The molecule has 106 valence electrons. The van der Waals surface area contributed by atoms with Gasteiger partial charge in [0.1, 0.15) is 0 Å². The maximum Gasteiger partial charge on any atom is 0.255 e. The number of aryl methyl sites for hydroxylation is 1. The van der Waals surface area contributed by atoms with Crippen molar-refractivity contribution in [3.8, 4) is 0 Å². The first-order chi connectivity index (χ1) is 10.1. The van der Waals surface area contributed by atoms with Gasteiger partial charge in [-0.1, -0.05) is 17.7 Å². The molecule has 3 rings (SSSR count). The van der Waals surface area contributed by atoms with Gasteiger partial charge in [0.25, 0.3) is 5.91 Å². The number of halogens is 1. The van der Waals surface area contributed by atoms with E-state index in [1.54, 1.807) is 36.4 Å². The van der Waals surface area contributed by atoms with Gasteiger partial charge >= 0.3 is 0 Å². The molecule has 4 nitrogen and oxygen atoms in total. The number of carbonyl (C=O) groups is 2. The molecule has 1 aliphatic heterocycles. The van der Waals surface area contributed by atoms with Gasteiger partial charge in [0.05, 0.1) is 0 Å². The average Bonchev–Trinajstić information content (AvgIpc) is 2.46. The van der Waals surface area contributed by atoms with Gasteiger partial charge in [-0.25, -0.2) is 0 Å². The highest BCUT2D eigenvalue weighted by Crippen LogP contribution is 2.24. The SMILES string of the molecule is O=C1CCc2cc(C(=O)Nc3cccc(Cl)c3)ccc2N1. The molecular formula is C16H13ClN2O2. The maximum absolute atomic E-state index is 12.2. The molecule has 2 aromatic rings. The molecule has 0 radical (unpaired) electrons. The summed E-state index contributed by atoms with van der Waals surface area (Å²) in [6.45, 7) is 0. The second-order valence-electron chi connectivity index (χ2n) is 4.88. The minimum atomic E-state index is -0.197. The number of hydrogen-bond acceptors (Lipinski definition) is 2. The van der Waals surface area contributed by atoms with Gasteiger partial charge in [-0.2, -0.15) is 0 Å². The summed E-state index contributed by atoms with van der Waals surface area (Å²) < 4.78 is 0. The fourth-order valence-electron chi connectivity index (χ4n) is 2.29. The zero-order valence-corrected chi connectivity index (χ0v) is 11.9. The van der Waals surface area contributed by atoms with E-state index in [1.807, 2.05) is 6.07 Å². The number of nitrogens with one attached hydrogen (secondary N) is 2. The molecule has 5 heteroatoms. The number of hydrogen-bond donors (Lipinski definition) is 2. The third-order valence-electron chi connectivity index (χ3n) is 3.35. The zero-order chi connectivity index (χ0) is 14.8. The molecule has 0 unspecified atom stereocenters. The molecule has 0 fully saturated rings. The lowest BCUT2D eigenvalue weighted by atomic mass is 10.00. The van der Waals surface area contributed by atoms with Crippen molar-refractivity contribution in [2.24, 2.45) is 0 Å². The number of carbonyl (C=O) groups excluding carboxylic acids is 2. The lowest BCUT2D eigenvalue weighted by molar-refractivity contribution is -0.116. The topological polar surface area (TPSA) is 58.2 Å². The molecular weight excluding hydrogens is 288 g/mol. The molecule has 2 N–H and O–H groups in total. The summed E-state index contributed by atoms with van der Waals surface area (Å²) in [6.07, 6.45) is 1.10. The van der Waals surface area contributed by atoms with Crippen LogP contribution in [0.5, 0.6) is 0 Å². The van der Waals surface area contributed by atoms with Crippen molar-refractivity contribution < 1.29 is 9.59 Å². The van der Waals surface area contributed by atoms with E-state index in [9.17, 15) is 9.59 Å². The van der Waals surface area contributed by atoms with Gasteiger partial charge in [-0.05, 0) is 48.4 Å². The number of anilines is 2. The molecule has 2 amide bonds. The molecule has 0 atom stereocenters. The number of benzene rings is 2. The highest BCUT2D eigenvalue weighted by Gasteiger charge is 2.16. The van der Waals surface area contributed by atoms with E-state index in [-0.39, 0.29) is 11.8 Å². The number of rotatable bonds is 2. The predicted molar refractivity (Wildman–Crippen MR) is 82.8 cm³/mol. The van der Waals surface area contributed by atoms with Crippen molar-refractivity contribution in [2.75, 3.05) is 10.6 Å². The third kappa shape index (κ3) is 3.06. The van der Waals surface area contributed by atoms with Gasteiger partial charge in [-0.15, -0.1) is 0 Å². The Balaban J connectivity index is 1.81. The summed E-state index contributed by atoms with van der Waals surface area (Å²) in [4.78, 5) is 23.5. The lowest BCUT2D eigenvalue weighted by Crippen LogP contribution is -2.20. The molecule has 1 aliphatic rings. The summed E-state index contributed by atoms with van der Waals surface area (Å²) in [5, 5.41) is 6.17. The molecule has 0 bridgehead atoms. The molecule has 21 heavy (non-hydrogen) atoms. The van der Waals surface area contributed by atoms with Crippen molar-refractivity contribution in [3.63, 3.8) is 0 Å².